The molecule has 2 rings (SSSR count). The summed E-state index contributed by atoms with van der Waals surface area (Å²) in [6, 6.07) is 0.256. The van der Waals surface area contributed by atoms with Gasteiger partial charge in [0.05, 0.1) is 0 Å². The molecule has 0 aromatic carbocycles. The van der Waals surface area contributed by atoms with Crippen molar-refractivity contribution in [1.29, 1.82) is 0 Å². The van der Waals surface area contributed by atoms with Crippen LogP contribution in [0.25, 0.3) is 0 Å². The summed E-state index contributed by atoms with van der Waals surface area (Å²) in [4.78, 5) is 13.9. The molecule has 0 aliphatic carbocycles. The van der Waals surface area contributed by atoms with Crippen molar-refractivity contribution >= 4 is 5.91 Å². The van der Waals surface area contributed by atoms with Crippen LogP contribution < -0.4 is 5.73 Å². The van der Waals surface area contributed by atoms with Gasteiger partial charge in [-0.3, -0.25) is 4.79 Å². The fraction of sp³-hybridized carbons (Fsp3) is 0.900. The molecule has 2 N–H and O–H groups in total. The Labute approximate surface area is 84.4 Å². The first kappa shape index (κ1) is 9.93. The smallest absolute Gasteiger partial charge is 0.251 e. The first-order valence-electron chi connectivity index (χ1n) is 5.45. The Bertz CT molecular complexity index is 214. The minimum absolute atomic E-state index is 0.162. The number of nitrogens with zero attached hydrogens (tertiary/aromatic N) is 1. The van der Waals surface area contributed by atoms with E-state index in [2.05, 4.69) is 0 Å². The van der Waals surface area contributed by atoms with Gasteiger partial charge in [-0.15, -0.1) is 0 Å². The fourth-order valence-corrected chi connectivity index (χ4v) is 2.33. The van der Waals surface area contributed by atoms with Crippen LogP contribution in [0.1, 0.15) is 25.7 Å². The summed E-state index contributed by atoms with van der Waals surface area (Å²) in [5, 5.41) is 0. The van der Waals surface area contributed by atoms with Gasteiger partial charge in [0.2, 0.25) is 0 Å². The molecule has 2 aliphatic rings. The maximum absolute atomic E-state index is 12.0. The van der Waals surface area contributed by atoms with Crippen molar-refractivity contribution in [2.45, 2.75) is 37.8 Å². The second-order valence-corrected chi connectivity index (χ2v) is 4.07. The van der Waals surface area contributed by atoms with E-state index in [0.717, 1.165) is 38.8 Å². The van der Waals surface area contributed by atoms with E-state index in [-0.39, 0.29) is 18.1 Å². The normalized spacial score (nSPS) is 32.5. The SMILES string of the molecule is NCC1CCCN1C(=O)C1CCCO1. The molecule has 0 spiro atoms. The molecule has 2 aliphatic heterocycles. The first-order chi connectivity index (χ1) is 6.83. The second-order valence-electron chi connectivity index (χ2n) is 4.07. The average molecular weight is 198 g/mol. The molecule has 2 saturated heterocycles. The number of hydrogen-bond donors (Lipinski definition) is 1. The Morgan fingerprint density at radius 2 is 2.29 bits per heavy atom. The molecule has 2 fully saturated rings. The Kier molecular flexibility index (Phi) is 3.03. The number of ether oxygens (including phenoxy) is 1. The van der Waals surface area contributed by atoms with Gasteiger partial charge in [0.1, 0.15) is 6.10 Å². The molecular formula is C10H18N2O2. The highest BCUT2D eigenvalue weighted by molar-refractivity contribution is 5.81. The zero-order valence-corrected chi connectivity index (χ0v) is 8.45. The van der Waals surface area contributed by atoms with Crippen LogP contribution in [-0.2, 0) is 9.53 Å². The molecular weight excluding hydrogens is 180 g/mol. The van der Waals surface area contributed by atoms with Crippen LogP contribution in [0.2, 0.25) is 0 Å². The molecule has 4 nitrogen and oxygen atoms in total. The van der Waals surface area contributed by atoms with Gasteiger partial charge in [-0.1, -0.05) is 0 Å². The number of carbonyl (C=O) groups is 1. The third-order valence-corrected chi connectivity index (χ3v) is 3.14. The third-order valence-electron chi connectivity index (χ3n) is 3.14. The number of hydrogen-bond acceptors (Lipinski definition) is 3. The van der Waals surface area contributed by atoms with E-state index < -0.39 is 0 Å². The molecule has 2 atom stereocenters. The topological polar surface area (TPSA) is 55.6 Å². The van der Waals surface area contributed by atoms with Gasteiger partial charge in [0.25, 0.3) is 5.91 Å². The van der Waals surface area contributed by atoms with Crippen molar-refractivity contribution in [2.24, 2.45) is 5.73 Å². The Morgan fingerprint density at radius 1 is 1.43 bits per heavy atom. The van der Waals surface area contributed by atoms with Gasteiger partial charge < -0.3 is 15.4 Å². The van der Waals surface area contributed by atoms with Crippen LogP contribution in [0.4, 0.5) is 0 Å². The van der Waals surface area contributed by atoms with Crippen LogP contribution in [0, 0.1) is 0 Å². The standard InChI is InChI=1S/C10H18N2O2/c11-7-8-3-1-5-12(8)10(13)9-4-2-6-14-9/h8-9H,1-7,11H2. The largest absolute Gasteiger partial charge is 0.368 e. The molecule has 14 heavy (non-hydrogen) atoms. The Morgan fingerprint density at radius 3 is 2.93 bits per heavy atom. The van der Waals surface area contributed by atoms with Crippen LogP contribution in [-0.4, -0.2) is 42.6 Å². The lowest BCUT2D eigenvalue weighted by molar-refractivity contribution is -0.141. The molecule has 80 valence electrons. The summed E-state index contributed by atoms with van der Waals surface area (Å²) in [6.45, 7) is 2.18. The molecule has 1 amide bonds. The quantitative estimate of drug-likeness (QED) is 0.685. The van der Waals surface area contributed by atoms with E-state index in [1.807, 2.05) is 4.90 Å². The van der Waals surface area contributed by atoms with Crippen LogP contribution in [0.3, 0.4) is 0 Å². The minimum Gasteiger partial charge on any atom is -0.368 e. The van der Waals surface area contributed by atoms with E-state index in [9.17, 15) is 4.79 Å². The molecule has 2 heterocycles. The van der Waals surface area contributed by atoms with Crippen molar-refractivity contribution in [2.75, 3.05) is 19.7 Å². The number of likely N-dealkylation sites (tertiary alicyclic amines) is 1. The van der Waals surface area contributed by atoms with Crippen LogP contribution in [0.15, 0.2) is 0 Å². The van der Waals surface area contributed by atoms with Crippen molar-refractivity contribution in [3.8, 4) is 0 Å². The van der Waals surface area contributed by atoms with Gasteiger partial charge >= 0.3 is 0 Å². The summed E-state index contributed by atoms with van der Waals surface area (Å²) >= 11 is 0. The first-order valence-corrected chi connectivity index (χ1v) is 5.45. The lowest BCUT2D eigenvalue weighted by Gasteiger charge is -2.25. The third kappa shape index (κ3) is 1.77. The number of nitrogens with two attached hydrogens (primary N) is 1. The van der Waals surface area contributed by atoms with Crippen molar-refractivity contribution < 1.29 is 9.53 Å². The van der Waals surface area contributed by atoms with Crippen molar-refractivity contribution in [3.05, 3.63) is 0 Å². The minimum atomic E-state index is -0.179. The molecule has 0 aromatic heterocycles. The highest BCUT2D eigenvalue weighted by Crippen LogP contribution is 2.21. The van der Waals surface area contributed by atoms with Gasteiger partial charge in [-0.2, -0.15) is 0 Å². The van der Waals surface area contributed by atoms with Gasteiger partial charge in [0, 0.05) is 25.7 Å². The molecule has 0 bridgehead atoms. The van der Waals surface area contributed by atoms with Gasteiger partial charge in [-0.05, 0) is 25.7 Å². The predicted octanol–water partition coefficient (Wildman–Crippen LogP) is 0.115. The van der Waals surface area contributed by atoms with E-state index in [4.69, 9.17) is 10.5 Å². The summed E-state index contributed by atoms with van der Waals surface area (Å²) in [5.74, 6) is 0.162. The number of amides is 1. The fourth-order valence-electron chi connectivity index (χ4n) is 2.33. The highest BCUT2D eigenvalue weighted by atomic mass is 16.5. The Balaban J connectivity index is 1.95. The maximum Gasteiger partial charge on any atom is 0.251 e. The molecule has 4 heteroatoms. The van der Waals surface area contributed by atoms with E-state index in [1.54, 1.807) is 0 Å². The van der Waals surface area contributed by atoms with Gasteiger partial charge in [-0.25, -0.2) is 0 Å². The molecule has 2 unspecified atom stereocenters. The Hall–Kier alpha value is -0.610. The van der Waals surface area contributed by atoms with E-state index in [0.29, 0.717) is 6.54 Å². The molecule has 0 saturated carbocycles. The molecule has 0 aromatic rings. The second kappa shape index (κ2) is 4.28. The zero-order valence-electron chi connectivity index (χ0n) is 8.45. The van der Waals surface area contributed by atoms with Gasteiger partial charge in [0.15, 0.2) is 0 Å². The molecule has 0 radical (unpaired) electrons. The van der Waals surface area contributed by atoms with E-state index >= 15 is 0 Å². The highest BCUT2D eigenvalue weighted by Gasteiger charge is 2.34. The predicted molar refractivity (Wildman–Crippen MR) is 52.8 cm³/mol. The summed E-state index contributed by atoms with van der Waals surface area (Å²) in [5.41, 5.74) is 5.63. The lowest BCUT2D eigenvalue weighted by atomic mass is 10.2. The summed E-state index contributed by atoms with van der Waals surface area (Å²) < 4.78 is 5.39. The average Bonchev–Trinajstić information content (AvgIpc) is 2.87. The van der Waals surface area contributed by atoms with Crippen molar-refractivity contribution in [3.63, 3.8) is 0 Å². The van der Waals surface area contributed by atoms with E-state index in [1.165, 1.54) is 0 Å². The summed E-state index contributed by atoms with van der Waals surface area (Å²) in [6.07, 6.45) is 3.85. The number of carbonyl (C=O) groups excluding carboxylic acids is 1. The maximum atomic E-state index is 12.0. The van der Waals surface area contributed by atoms with Crippen LogP contribution >= 0.6 is 0 Å². The zero-order chi connectivity index (χ0) is 9.97. The van der Waals surface area contributed by atoms with Crippen LogP contribution in [0.5, 0.6) is 0 Å². The summed E-state index contributed by atoms with van der Waals surface area (Å²) in [7, 11) is 0. The number of rotatable bonds is 2. The van der Waals surface area contributed by atoms with Crippen molar-refractivity contribution in [1.82, 2.24) is 4.90 Å². The lowest BCUT2D eigenvalue weighted by Crippen LogP contribution is -2.44. The monoisotopic (exact) mass is 198 g/mol.